The average Bonchev–Trinajstić information content (AvgIpc) is 2.67. The van der Waals surface area contributed by atoms with Crippen LogP contribution in [0.15, 0.2) is 42.5 Å². The van der Waals surface area contributed by atoms with Gasteiger partial charge in [-0.2, -0.15) is 0 Å². The fraction of sp³-hybridized carbons (Fsp3) is 0.400. The summed E-state index contributed by atoms with van der Waals surface area (Å²) in [5, 5.41) is 11.5. The van der Waals surface area contributed by atoms with Gasteiger partial charge in [-0.15, -0.1) is 0 Å². The molecule has 0 atom stereocenters. The Morgan fingerprint density at radius 1 is 1.20 bits per heavy atom. The molecule has 0 bridgehead atoms. The zero-order valence-electron chi connectivity index (χ0n) is 14.8. The monoisotopic (exact) mass is 340 g/mol. The minimum atomic E-state index is -0.263. The first-order chi connectivity index (χ1) is 12.1. The Morgan fingerprint density at radius 3 is 2.56 bits per heavy atom. The summed E-state index contributed by atoms with van der Waals surface area (Å²) in [6.07, 6.45) is 2.73. The smallest absolute Gasteiger partial charge is 0.292 e. The second kappa shape index (κ2) is 7.55. The predicted molar refractivity (Wildman–Crippen MR) is 99.7 cm³/mol. The molecule has 0 spiro atoms. The van der Waals surface area contributed by atoms with Gasteiger partial charge in [-0.3, -0.25) is 10.1 Å². The van der Waals surface area contributed by atoms with E-state index in [0.29, 0.717) is 5.92 Å². The van der Waals surface area contributed by atoms with Gasteiger partial charge >= 0.3 is 0 Å². The van der Waals surface area contributed by atoms with E-state index in [-0.39, 0.29) is 10.6 Å². The Bertz CT molecular complexity index is 752. The minimum Gasteiger partial charge on any atom is -0.496 e. The van der Waals surface area contributed by atoms with Crippen molar-refractivity contribution in [1.82, 2.24) is 0 Å². The third kappa shape index (κ3) is 3.60. The number of benzene rings is 2. The summed E-state index contributed by atoms with van der Waals surface area (Å²) < 4.78 is 5.48. The summed E-state index contributed by atoms with van der Waals surface area (Å²) in [5.74, 6) is 1.36. The van der Waals surface area contributed by atoms with Gasteiger partial charge in [-0.1, -0.05) is 31.2 Å². The number of hydrogen-bond donors (Lipinski definition) is 0. The van der Waals surface area contributed by atoms with Gasteiger partial charge in [0.25, 0.3) is 5.69 Å². The topological polar surface area (TPSA) is 55.6 Å². The van der Waals surface area contributed by atoms with Crippen molar-refractivity contribution in [3.63, 3.8) is 0 Å². The number of piperidine rings is 1. The molecule has 0 amide bonds. The van der Waals surface area contributed by atoms with Gasteiger partial charge in [-0.05, 0) is 48.4 Å². The molecule has 0 aromatic heterocycles. The third-order valence-corrected chi connectivity index (χ3v) is 5.06. The molecular weight excluding hydrogens is 316 g/mol. The van der Waals surface area contributed by atoms with Crippen LogP contribution in [0, 0.1) is 10.1 Å². The summed E-state index contributed by atoms with van der Waals surface area (Å²) in [6.45, 7) is 3.64. The Labute approximate surface area is 148 Å². The van der Waals surface area contributed by atoms with Crippen LogP contribution in [0.3, 0.4) is 0 Å². The van der Waals surface area contributed by atoms with Crippen molar-refractivity contribution >= 4 is 11.4 Å². The molecule has 2 aromatic carbocycles. The summed E-state index contributed by atoms with van der Waals surface area (Å²) in [6, 6.07) is 13.7. The molecule has 1 heterocycles. The van der Waals surface area contributed by atoms with E-state index in [2.05, 4.69) is 11.0 Å². The minimum absolute atomic E-state index is 0.218. The lowest BCUT2D eigenvalue weighted by Crippen LogP contribution is -2.33. The molecular formula is C20H24N2O3. The number of anilines is 1. The van der Waals surface area contributed by atoms with Crippen LogP contribution in [-0.2, 0) is 6.42 Å². The summed E-state index contributed by atoms with van der Waals surface area (Å²) in [5.41, 5.74) is 3.19. The zero-order valence-corrected chi connectivity index (χ0v) is 14.8. The first-order valence-corrected chi connectivity index (χ1v) is 8.79. The Morgan fingerprint density at radius 2 is 1.92 bits per heavy atom. The fourth-order valence-electron chi connectivity index (χ4n) is 3.64. The number of nitro benzene ring substituents is 1. The number of aryl methyl sites for hydroxylation is 1. The van der Waals surface area contributed by atoms with Crippen LogP contribution in [0.25, 0.3) is 0 Å². The van der Waals surface area contributed by atoms with Gasteiger partial charge in [0.2, 0.25) is 0 Å². The van der Waals surface area contributed by atoms with Gasteiger partial charge < -0.3 is 9.64 Å². The molecule has 25 heavy (non-hydrogen) atoms. The molecule has 0 unspecified atom stereocenters. The van der Waals surface area contributed by atoms with E-state index in [4.69, 9.17) is 4.74 Å². The first-order valence-electron chi connectivity index (χ1n) is 8.79. The van der Waals surface area contributed by atoms with Gasteiger partial charge in [0.05, 0.1) is 12.0 Å². The van der Waals surface area contributed by atoms with Crippen molar-refractivity contribution in [2.45, 2.75) is 32.1 Å². The molecule has 0 saturated carbocycles. The van der Waals surface area contributed by atoms with Crippen LogP contribution >= 0.6 is 0 Å². The fourth-order valence-corrected chi connectivity index (χ4v) is 3.64. The molecule has 0 aliphatic carbocycles. The van der Waals surface area contributed by atoms with Crippen LogP contribution < -0.4 is 9.64 Å². The molecule has 3 rings (SSSR count). The van der Waals surface area contributed by atoms with Crippen molar-refractivity contribution in [2.24, 2.45) is 0 Å². The van der Waals surface area contributed by atoms with Gasteiger partial charge in [0, 0.05) is 19.2 Å². The van der Waals surface area contributed by atoms with E-state index < -0.39 is 0 Å². The van der Waals surface area contributed by atoms with Gasteiger partial charge in [0.15, 0.2) is 0 Å². The van der Waals surface area contributed by atoms with Crippen molar-refractivity contribution in [3.8, 4) is 5.75 Å². The van der Waals surface area contributed by atoms with E-state index in [0.717, 1.165) is 49.4 Å². The van der Waals surface area contributed by atoms with Crippen molar-refractivity contribution in [1.29, 1.82) is 0 Å². The highest BCUT2D eigenvalue weighted by Crippen LogP contribution is 2.37. The van der Waals surface area contributed by atoms with E-state index in [1.807, 2.05) is 37.3 Å². The third-order valence-electron chi connectivity index (χ3n) is 5.06. The quantitative estimate of drug-likeness (QED) is 0.592. The van der Waals surface area contributed by atoms with E-state index in [9.17, 15) is 10.1 Å². The second-order valence-corrected chi connectivity index (χ2v) is 6.44. The van der Waals surface area contributed by atoms with E-state index in [1.54, 1.807) is 13.2 Å². The highest BCUT2D eigenvalue weighted by molar-refractivity contribution is 5.64. The second-order valence-electron chi connectivity index (χ2n) is 6.44. The van der Waals surface area contributed by atoms with E-state index >= 15 is 0 Å². The Balaban J connectivity index is 1.77. The Kier molecular flexibility index (Phi) is 5.22. The summed E-state index contributed by atoms with van der Waals surface area (Å²) in [7, 11) is 1.70. The van der Waals surface area contributed by atoms with Crippen LogP contribution in [0.5, 0.6) is 5.75 Å². The lowest BCUT2D eigenvalue weighted by Gasteiger charge is -2.34. The maximum Gasteiger partial charge on any atom is 0.292 e. The van der Waals surface area contributed by atoms with Crippen molar-refractivity contribution in [3.05, 3.63) is 63.7 Å². The largest absolute Gasteiger partial charge is 0.496 e. The average molecular weight is 340 g/mol. The molecule has 132 valence electrons. The molecule has 0 N–H and O–H groups in total. The highest BCUT2D eigenvalue weighted by Gasteiger charge is 2.26. The van der Waals surface area contributed by atoms with Gasteiger partial charge in [0.1, 0.15) is 11.4 Å². The molecule has 2 aromatic rings. The summed E-state index contributed by atoms with van der Waals surface area (Å²) >= 11 is 0. The molecule has 1 saturated heterocycles. The first kappa shape index (κ1) is 17.3. The molecule has 5 nitrogen and oxygen atoms in total. The van der Waals surface area contributed by atoms with Crippen LogP contribution in [0.4, 0.5) is 11.4 Å². The number of hydrogen-bond acceptors (Lipinski definition) is 4. The standard InChI is InChI=1S/C20H24N2O3/c1-3-15-8-9-18(19(14-15)22(23)24)21-12-10-16(11-13-21)17-6-4-5-7-20(17)25-2/h4-9,14,16H,3,10-13H2,1-2H3. The number of ether oxygens (including phenoxy) is 1. The number of nitrogens with zero attached hydrogens (tertiary/aromatic N) is 2. The molecule has 5 heteroatoms. The maximum atomic E-state index is 11.5. The maximum absolute atomic E-state index is 11.5. The van der Waals surface area contributed by atoms with Crippen molar-refractivity contribution in [2.75, 3.05) is 25.1 Å². The number of methoxy groups -OCH3 is 1. The van der Waals surface area contributed by atoms with Gasteiger partial charge in [-0.25, -0.2) is 0 Å². The number of nitro groups is 1. The molecule has 1 aliphatic rings. The van der Waals surface area contributed by atoms with Crippen molar-refractivity contribution < 1.29 is 9.66 Å². The summed E-state index contributed by atoms with van der Waals surface area (Å²) in [4.78, 5) is 13.3. The van der Waals surface area contributed by atoms with Crippen LogP contribution in [0.2, 0.25) is 0 Å². The van der Waals surface area contributed by atoms with E-state index in [1.165, 1.54) is 5.56 Å². The van der Waals surface area contributed by atoms with Crippen LogP contribution in [0.1, 0.15) is 36.8 Å². The Hall–Kier alpha value is -2.56. The molecule has 1 aliphatic heterocycles. The SMILES string of the molecule is CCc1ccc(N2CCC(c3ccccc3OC)CC2)c([N+](=O)[O-])c1. The van der Waals surface area contributed by atoms with Crippen LogP contribution in [-0.4, -0.2) is 25.1 Å². The molecule has 0 radical (unpaired) electrons. The lowest BCUT2D eigenvalue weighted by atomic mass is 9.88. The number of para-hydroxylation sites is 1. The number of rotatable bonds is 5. The highest BCUT2D eigenvalue weighted by atomic mass is 16.6. The molecule has 1 fully saturated rings. The lowest BCUT2D eigenvalue weighted by molar-refractivity contribution is -0.384. The predicted octanol–water partition coefficient (Wildman–Crippen LogP) is 4.55. The zero-order chi connectivity index (χ0) is 17.8. The normalized spacial score (nSPS) is 15.2.